The largest absolute Gasteiger partial charge is 0.485 e. The summed E-state index contributed by atoms with van der Waals surface area (Å²) in [6.07, 6.45) is 10.6. The molecule has 1 heterocycles. The van der Waals surface area contributed by atoms with Gasteiger partial charge in [0.15, 0.2) is 0 Å². The number of para-hydroxylation sites is 1. The van der Waals surface area contributed by atoms with Crippen molar-refractivity contribution in [3.05, 3.63) is 29.8 Å². The van der Waals surface area contributed by atoms with E-state index in [0.717, 1.165) is 37.0 Å². The predicted molar refractivity (Wildman–Crippen MR) is 117 cm³/mol. The lowest BCUT2D eigenvalue weighted by atomic mass is 9.80. The summed E-state index contributed by atoms with van der Waals surface area (Å²) in [6.45, 7) is 2.88. The van der Waals surface area contributed by atoms with Crippen LogP contribution in [-0.2, 0) is 16.1 Å². The van der Waals surface area contributed by atoms with Crippen LogP contribution >= 0.6 is 0 Å². The van der Waals surface area contributed by atoms with Crippen molar-refractivity contribution in [2.45, 2.75) is 89.3 Å². The van der Waals surface area contributed by atoms with Crippen LogP contribution in [0.3, 0.4) is 0 Å². The zero-order valence-corrected chi connectivity index (χ0v) is 18.6. The molecule has 0 saturated heterocycles. The molecule has 2 aliphatic carbocycles. The number of fused-ring (bicyclic) bond motifs is 1. The van der Waals surface area contributed by atoms with Gasteiger partial charge in [0.2, 0.25) is 11.8 Å². The predicted octanol–water partition coefficient (Wildman–Crippen LogP) is 4.54. The van der Waals surface area contributed by atoms with Crippen LogP contribution in [0, 0.1) is 5.92 Å². The molecule has 3 aliphatic rings. The fourth-order valence-electron chi connectivity index (χ4n) is 5.59. The number of nitrogens with zero attached hydrogens (tertiary/aromatic N) is 2. The standard InChI is InChI=1S/C25H36N2O3/c1-19(28)27-17-21-10-6-7-11-23(21)30-25(18-27)14-12-22(13-15-25)26(2)24(29)16-20-8-4-3-5-9-20/h6-7,10-11,20,22H,3-5,8-9,12-18H2,1-2H3. The number of hydrogen-bond acceptors (Lipinski definition) is 3. The molecular formula is C25H36N2O3. The molecule has 1 aromatic rings. The van der Waals surface area contributed by atoms with Gasteiger partial charge in [-0.25, -0.2) is 0 Å². The molecule has 0 atom stereocenters. The summed E-state index contributed by atoms with van der Waals surface area (Å²) in [5.41, 5.74) is 0.730. The molecule has 30 heavy (non-hydrogen) atoms. The lowest BCUT2D eigenvalue weighted by Gasteiger charge is -2.43. The van der Waals surface area contributed by atoms with Crippen LogP contribution in [0.25, 0.3) is 0 Å². The maximum absolute atomic E-state index is 12.9. The van der Waals surface area contributed by atoms with Gasteiger partial charge < -0.3 is 14.5 Å². The third-order valence-electron chi connectivity index (χ3n) is 7.58. The highest BCUT2D eigenvalue weighted by atomic mass is 16.5. The van der Waals surface area contributed by atoms with E-state index < -0.39 is 0 Å². The van der Waals surface area contributed by atoms with Gasteiger partial charge >= 0.3 is 0 Å². The van der Waals surface area contributed by atoms with Gasteiger partial charge in [-0.1, -0.05) is 37.5 Å². The van der Waals surface area contributed by atoms with Gasteiger partial charge in [-0.2, -0.15) is 0 Å². The van der Waals surface area contributed by atoms with Gasteiger partial charge in [-0.3, -0.25) is 9.59 Å². The van der Waals surface area contributed by atoms with Crippen LogP contribution in [-0.4, -0.2) is 46.8 Å². The number of benzene rings is 1. The van der Waals surface area contributed by atoms with E-state index in [0.29, 0.717) is 31.3 Å². The third-order valence-corrected chi connectivity index (χ3v) is 7.58. The average Bonchev–Trinajstić information content (AvgIpc) is 2.91. The summed E-state index contributed by atoms with van der Waals surface area (Å²) >= 11 is 0. The Bertz CT molecular complexity index is 763. The topological polar surface area (TPSA) is 49.9 Å². The molecular weight excluding hydrogens is 376 g/mol. The molecule has 164 valence electrons. The van der Waals surface area contributed by atoms with E-state index in [1.807, 2.05) is 41.1 Å². The highest BCUT2D eigenvalue weighted by Crippen LogP contribution is 2.39. The number of ether oxygens (including phenoxy) is 1. The molecule has 4 rings (SSSR count). The number of carbonyl (C=O) groups excluding carboxylic acids is 2. The summed E-state index contributed by atoms with van der Waals surface area (Å²) in [7, 11) is 1.99. The Morgan fingerprint density at radius 1 is 1.10 bits per heavy atom. The zero-order chi connectivity index (χ0) is 21.1. The first-order valence-electron chi connectivity index (χ1n) is 11.7. The van der Waals surface area contributed by atoms with Crippen molar-refractivity contribution in [1.82, 2.24) is 9.80 Å². The minimum absolute atomic E-state index is 0.0941. The maximum Gasteiger partial charge on any atom is 0.222 e. The normalized spacial score (nSPS) is 27.1. The lowest BCUT2D eigenvalue weighted by Crippen LogP contribution is -2.52. The molecule has 0 unspecified atom stereocenters. The van der Waals surface area contributed by atoms with E-state index in [4.69, 9.17) is 4.74 Å². The van der Waals surface area contributed by atoms with Crippen LogP contribution < -0.4 is 4.74 Å². The van der Waals surface area contributed by atoms with Gasteiger partial charge in [0.1, 0.15) is 11.4 Å². The quantitative estimate of drug-likeness (QED) is 0.732. The van der Waals surface area contributed by atoms with Crippen molar-refractivity contribution in [3.63, 3.8) is 0 Å². The average molecular weight is 413 g/mol. The second-order valence-corrected chi connectivity index (χ2v) is 9.71. The molecule has 1 aromatic carbocycles. The summed E-state index contributed by atoms with van der Waals surface area (Å²) in [6, 6.07) is 8.35. The number of rotatable bonds is 3. The Hall–Kier alpha value is -2.04. The summed E-state index contributed by atoms with van der Waals surface area (Å²) < 4.78 is 6.58. The van der Waals surface area contributed by atoms with Gasteiger partial charge in [-0.05, 0) is 50.5 Å². The van der Waals surface area contributed by atoms with E-state index in [-0.39, 0.29) is 17.6 Å². The van der Waals surface area contributed by atoms with Gasteiger partial charge in [-0.15, -0.1) is 0 Å². The fourth-order valence-corrected chi connectivity index (χ4v) is 5.59. The van der Waals surface area contributed by atoms with E-state index in [1.165, 1.54) is 32.1 Å². The Balaban J connectivity index is 1.40. The number of hydrogen-bond donors (Lipinski definition) is 0. The molecule has 0 bridgehead atoms. The molecule has 5 heteroatoms. The highest BCUT2D eigenvalue weighted by molar-refractivity contribution is 5.76. The smallest absolute Gasteiger partial charge is 0.222 e. The molecule has 0 radical (unpaired) electrons. The Morgan fingerprint density at radius 3 is 2.50 bits per heavy atom. The molecule has 0 N–H and O–H groups in total. The Labute approximate surface area is 180 Å². The second kappa shape index (κ2) is 8.99. The van der Waals surface area contributed by atoms with E-state index in [9.17, 15) is 9.59 Å². The summed E-state index contributed by atoms with van der Waals surface area (Å²) in [5.74, 6) is 1.88. The first-order valence-corrected chi connectivity index (χ1v) is 11.7. The van der Waals surface area contributed by atoms with Crippen LogP contribution in [0.1, 0.15) is 76.7 Å². The molecule has 2 amide bonds. The minimum atomic E-state index is -0.345. The van der Waals surface area contributed by atoms with Crippen LogP contribution in [0.2, 0.25) is 0 Å². The molecule has 2 fully saturated rings. The molecule has 5 nitrogen and oxygen atoms in total. The molecule has 0 aromatic heterocycles. The van der Waals surface area contributed by atoms with Crippen molar-refractivity contribution < 1.29 is 14.3 Å². The molecule has 2 saturated carbocycles. The van der Waals surface area contributed by atoms with Crippen molar-refractivity contribution in [2.75, 3.05) is 13.6 Å². The van der Waals surface area contributed by atoms with E-state index in [1.54, 1.807) is 6.92 Å². The van der Waals surface area contributed by atoms with Gasteiger partial charge in [0, 0.05) is 38.5 Å². The Kier molecular flexibility index (Phi) is 6.35. The molecule has 1 spiro atoms. The van der Waals surface area contributed by atoms with E-state index >= 15 is 0 Å². The van der Waals surface area contributed by atoms with Crippen molar-refractivity contribution >= 4 is 11.8 Å². The maximum atomic E-state index is 12.9. The monoisotopic (exact) mass is 412 g/mol. The van der Waals surface area contributed by atoms with Crippen molar-refractivity contribution in [3.8, 4) is 5.75 Å². The van der Waals surface area contributed by atoms with Gasteiger partial charge in [0.05, 0.1) is 6.54 Å². The first kappa shape index (κ1) is 21.2. The third kappa shape index (κ3) is 4.65. The van der Waals surface area contributed by atoms with Crippen LogP contribution in [0.15, 0.2) is 24.3 Å². The minimum Gasteiger partial charge on any atom is -0.485 e. The zero-order valence-electron chi connectivity index (χ0n) is 18.6. The lowest BCUT2D eigenvalue weighted by molar-refractivity contribution is -0.135. The SMILES string of the molecule is CC(=O)N1Cc2ccccc2OC2(CCC(N(C)C(=O)CC3CCCCC3)CC2)C1. The molecule has 1 aliphatic heterocycles. The van der Waals surface area contributed by atoms with Gasteiger partial charge in [0.25, 0.3) is 0 Å². The van der Waals surface area contributed by atoms with Crippen LogP contribution in [0.4, 0.5) is 0 Å². The number of carbonyl (C=O) groups is 2. The summed E-state index contributed by atoms with van der Waals surface area (Å²) in [5, 5.41) is 0. The highest BCUT2D eigenvalue weighted by Gasteiger charge is 2.43. The second-order valence-electron chi connectivity index (χ2n) is 9.71. The van der Waals surface area contributed by atoms with Crippen molar-refractivity contribution in [1.29, 1.82) is 0 Å². The van der Waals surface area contributed by atoms with Crippen molar-refractivity contribution in [2.24, 2.45) is 5.92 Å². The van der Waals surface area contributed by atoms with E-state index in [2.05, 4.69) is 0 Å². The number of amides is 2. The van der Waals surface area contributed by atoms with Crippen LogP contribution in [0.5, 0.6) is 5.75 Å². The summed E-state index contributed by atoms with van der Waals surface area (Å²) in [4.78, 5) is 29.1. The fraction of sp³-hybridized carbons (Fsp3) is 0.680. The Morgan fingerprint density at radius 2 is 1.80 bits per heavy atom. The first-order chi connectivity index (χ1) is 14.5.